The van der Waals surface area contributed by atoms with Crippen molar-refractivity contribution in [2.75, 3.05) is 0 Å². The Bertz CT molecular complexity index is 486. The van der Waals surface area contributed by atoms with Gasteiger partial charge in [0.05, 0.1) is 0 Å². The maximum absolute atomic E-state index is 13.5. The van der Waals surface area contributed by atoms with Gasteiger partial charge in [-0.05, 0) is 37.1 Å². The van der Waals surface area contributed by atoms with Crippen molar-refractivity contribution in [3.05, 3.63) is 59.4 Å². The molecule has 2 aromatic carbocycles. The summed E-state index contributed by atoms with van der Waals surface area (Å²) in [6, 6.07) is 13.6. The topological polar surface area (TPSA) is 0 Å². The molecular formula is C14H12F. The highest BCUT2D eigenvalue weighted by atomic mass is 19.1. The predicted molar refractivity (Wildman–Crippen MR) is 60.1 cm³/mol. The molecule has 2 rings (SSSR count). The molecule has 0 saturated heterocycles. The maximum Gasteiger partial charge on any atom is 0.131 e. The molecule has 0 amide bonds. The zero-order valence-electron chi connectivity index (χ0n) is 8.84. The predicted octanol–water partition coefficient (Wildman–Crippen LogP) is 3.91. The molecule has 0 nitrogen and oxygen atoms in total. The molecule has 0 N–H and O–H groups in total. The average molecular weight is 199 g/mol. The molecule has 0 aliphatic heterocycles. The van der Waals surface area contributed by atoms with E-state index in [0.29, 0.717) is 5.56 Å². The molecule has 0 aliphatic rings. The smallest absolute Gasteiger partial charge is 0.131 e. The second-order valence-corrected chi connectivity index (χ2v) is 3.72. The molecule has 75 valence electrons. The van der Waals surface area contributed by atoms with Gasteiger partial charge in [0, 0.05) is 5.56 Å². The van der Waals surface area contributed by atoms with Crippen LogP contribution < -0.4 is 0 Å². The fraction of sp³-hybridized carbons (Fsp3) is 0.143. The lowest BCUT2D eigenvalue weighted by Gasteiger charge is -2.07. The van der Waals surface area contributed by atoms with E-state index in [-0.39, 0.29) is 5.82 Å². The van der Waals surface area contributed by atoms with E-state index in [0.717, 1.165) is 11.1 Å². The van der Waals surface area contributed by atoms with E-state index in [9.17, 15) is 4.39 Å². The number of halogens is 1. The molecule has 0 unspecified atom stereocenters. The summed E-state index contributed by atoms with van der Waals surface area (Å²) < 4.78 is 13.5. The second-order valence-electron chi connectivity index (χ2n) is 3.72. The van der Waals surface area contributed by atoms with Crippen LogP contribution in [0.1, 0.15) is 11.1 Å². The lowest BCUT2D eigenvalue weighted by atomic mass is 9.98. The molecule has 0 saturated carbocycles. The first-order chi connectivity index (χ1) is 7.18. The zero-order valence-corrected chi connectivity index (χ0v) is 8.84. The minimum atomic E-state index is -0.218. The third-order valence-corrected chi connectivity index (χ3v) is 2.49. The third-order valence-electron chi connectivity index (χ3n) is 2.49. The van der Waals surface area contributed by atoms with Gasteiger partial charge in [0.2, 0.25) is 0 Å². The summed E-state index contributed by atoms with van der Waals surface area (Å²) in [7, 11) is 0. The van der Waals surface area contributed by atoms with Crippen LogP contribution in [-0.4, -0.2) is 0 Å². The number of benzene rings is 2. The zero-order chi connectivity index (χ0) is 10.8. The molecule has 0 bridgehead atoms. The first-order valence-corrected chi connectivity index (χ1v) is 4.92. The number of hydrogen-bond acceptors (Lipinski definition) is 0. The van der Waals surface area contributed by atoms with Gasteiger partial charge in [-0.2, -0.15) is 0 Å². The van der Waals surface area contributed by atoms with Crippen LogP contribution in [0.2, 0.25) is 0 Å². The molecule has 0 atom stereocenters. The average Bonchev–Trinajstić information content (AvgIpc) is 2.20. The van der Waals surface area contributed by atoms with Gasteiger partial charge in [-0.1, -0.05) is 35.9 Å². The van der Waals surface area contributed by atoms with Gasteiger partial charge in [0.15, 0.2) is 0 Å². The summed E-state index contributed by atoms with van der Waals surface area (Å²) in [5, 5.41) is 0. The SMILES string of the molecule is Cc1ccc(-c2cc[c]cc2F)c(C)c1. The van der Waals surface area contributed by atoms with Crippen LogP contribution in [0.15, 0.2) is 36.4 Å². The van der Waals surface area contributed by atoms with Crippen molar-refractivity contribution >= 4 is 0 Å². The maximum atomic E-state index is 13.5. The van der Waals surface area contributed by atoms with Gasteiger partial charge >= 0.3 is 0 Å². The first-order valence-electron chi connectivity index (χ1n) is 4.92. The van der Waals surface area contributed by atoms with Crippen LogP contribution in [0.3, 0.4) is 0 Å². The fourth-order valence-corrected chi connectivity index (χ4v) is 1.74. The Kier molecular flexibility index (Phi) is 2.55. The van der Waals surface area contributed by atoms with Crippen molar-refractivity contribution in [3.63, 3.8) is 0 Å². The van der Waals surface area contributed by atoms with E-state index in [1.54, 1.807) is 12.1 Å². The summed E-state index contributed by atoms with van der Waals surface area (Å²) in [6.45, 7) is 4.03. The molecule has 15 heavy (non-hydrogen) atoms. The van der Waals surface area contributed by atoms with Crippen molar-refractivity contribution in [1.82, 2.24) is 0 Å². The molecule has 0 spiro atoms. The van der Waals surface area contributed by atoms with Crippen molar-refractivity contribution in [3.8, 4) is 11.1 Å². The Hall–Kier alpha value is -1.63. The van der Waals surface area contributed by atoms with Crippen LogP contribution in [0.25, 0.3) is 11.1 Å². The normalized spacial score (nSPS) is 10.3. The third kappa shape index (κ3) is 1.91. The Balaban J connectivity index is 2.60. The van der Waals surface area contributed by atoms with Crippen molar-refractivity contribution in [1.29, 1.82) is 0 Å². The molecular weight excluding hydrogens is 187 g/mol. The first kappa shape index (κ1) is 9.91. The van der Waals surface area contributed by atoms with E-state index in [4.69, 9.17) is 0 Å². The van der Waals surface area contributed by atoms with Gasteiger partial charge in [-0.3, -0.25) is 0 Å². The van der Waals surface area contributed by atoms with Crippen molar-refractivity contribution < 1.29 is 4.39 Å². The minimum absolute atomic E-state index is 0.218. The summed E-state index contributed by atoms with van der Waals surface area (Å²) in [5.41, 5.74) is 3.89. The molecule has 0 aliphatic carbocycles. The summed E-state index contributed by atoms with van der Waals surface area (Å²) in [6.07, 6.45) is 0. The molecule has 0 aromatic heterocycles. The highest BCUT2D eigenvalue weighted by molar-refractivity contribution is 5.67. The fourth-order valence-electron chi connectivity index (χ4n) is 1.74. The molecule has 1 radical (unpaired) electrons. The van der Waals surface area contributed by atoms with Crippen LogP contribution >= 0.6 is 0 Å². The molecule has 2 aromatic rings. The number of rotatable bonds is 1. The monoisotopic (exact) mass is 199 g/mol. The van der Waals surface area contributed by atoms with Crippen LogP contribution in [0, 0.1) is 25.7 Å². The second kappa shape index (κ2) is 3.85. The van der Waals surface area contributed by atoms with E-state index in [2.05, 4.69) is 12.1 Å². The summed E-state index contributed by atoms with van der Waals surface area (Å²) in [4.78, 5) is 0. The van der Waals surface area contributed by atoms with Gasteiger partial charge in [-0.25, -0.2) is 4.39 Å². The summed E-state index contributed by atoms with van der Waals surface area (Å²) in [5.74, 6) is -0.218. The van der Waals surface area contributed by atoms with E-state index in [1.165, 1.54) is 11.6 Å². The quantitative estimate of drug-likeness (QED) is 0.653. The van der Waals surface area contributed by atoms with Crippen molar-refractivity contribution in [2.24, 2.45) is 0 Å². The highest BCUT2D eigenvalue weighted by Gasteiger charge is 2.06. The lowest BCUT2D eigenvalue weighted by Crippen LogP contribution is -1.88. The Morgan fingerprint density at radius 1 is 1.07 bits per heavy atom. The molecule has 0 heterocycles. The summed E-state index contributed by atoms with van der Waals surface area (Å²) >= 11 is 0. The highest BCUT2D eigenvalue weighted by Crippen LogP contribution is 2.26. The Morgan fingerprint density at radius 3 is 2.53 bits per heavy atom. The van der Waals surface area contributed by atoms with Crippen LogP contribution in [0.4, 0.5) is 4.39 Å². The van der Waals surface area contributed by atoms with Gasteiger partial charge < -0.3 is 0 Å². The van der Waals surface area contributed by atoms with Crippen molar-refractivity contribution in [2.45, 2.75) is 13.8 Å². The number of hydrogen-bond donors (Lipinski definition) is 0. The van der Waals surface area contributed by atoms with Crippen LogP contribution in [-0.2, 0) is 0 Å². The largest absolute Gasteiger partial charge is 0.206 e. The van der Waals surface area contributed by atoms with E-state index in [1.807, 2.05) is 26.0 Å². The molecule has 0 fully saturated rings. The van der Waals surface area contributed by atoms with E-state index >= 15 is 0 Å². The minimum Gasteiger partial charge on any atom is -0.206 e. The van der Waals surface area contributed by atoms with Gasteiger partial charge in [0.25, 0.3) is 0 Å². The standard InChI is InChI=1S/C14H12F/c1-10-7-8-12(11(2)9-10)13-5-3-4-6-14(13)15/h3,5-9H,1-2H3. The Morgan fingerprint density at radius 2 is 1.87 bits per heavy atom. The Labute approximate surface area is 89.4 Å². The van der Waals surface area contributed by atoms with Gasteiger partial charge in [-0.15, -0.1) is 0 Å². The molecule has 1 heteroatoms. The number of aryl methyl sites for hydroxylation is 2. The lowest BCUT2D eigenvalue weighted by molar-refractivity contribution is 0.631. The van der Waals surface area contributed by atoms with Crippen LogP contribution in [0.5, 0.6) is 0 Å². The van der Waals surface area contributed by atoms with E-state index < -0.39 is 0 Å². The van der Waals surface area contributed by atoms with Gasteiger partial charge in [0.1, 0.15) is 5.82 Å².